The van der Waals surface area contributed by atoms with Crippen LogP contribution in [0.25, 0.3) is 0 Å². The molecule has 4 rings (SSSR count). The lowest BCUT2D eigenvalue weighted by Gasteiger charge is -2.15. The van der Waals surface area contributed by atoms with Gasteiger partial charge in [0.2, 0.25) is 0 Å². The summed E-state index contributed by atoms with van der Waals surface area (Å²) in [5.74, 6) is -3.43. The Morgan fingerprint density at radius 3 is 1.19 bits per heavy atom. The van der Waals surface area contributed by atoms with Crippen molar-refractivity contribution in [3.05, 3.63) is 117 Å². The number of halogens is 2. The summed E-state index contributed by atoms with van der Waals surface area (Å²) >= 11 is 11.8. The highest BCUT2D eigenvalue weighted by Gasteiger charge is 2.25. The van der Waals surface area contributed by atoms with Crippen molar-refractivity contribution in [2.45, 2.75) is 9.79 Å². The lowest BCUT2D eigenvalue weighted by atomic mass is 10.2. The predicted molar refractivity (Wildman–Crippen MR) is 153 cm³/mol. The molecule has 0 fully saturated rings. The summed E-state index contributed by atoms with van der Waals surface area (Å²) in [4.78, 5) is 50.1. The van der Waals surface area contributed by atoms with Crippen LogP contribution in [0.5, 0.6) is 11.5 Å². The van der Waals surface area contributed by atoms with Crippen LogP contribution in [0, 0.1) is 0 Å². The maximum Gasteiger partial charge on any atom is 0.343 e. The van der Waals surface area contributed by atoms with Gasteiger partial charge in [-0.25, -0.2) is 23.4 Å². The fraction of sp³-hybridized carbons (Fsp3) is 0.0667. The lowest BCUT2D eigenvalue weighted by molar-refractivity contribution is 0.0591. The third kappa shape index (κ3) is 7.03. The molecule has 0 aliphatic heterocycles. The zero-order valence-electron chi connectivity index (χ0n) is 21.9. The molecule has 0 aliphatic rings. The molecule has 0 aromatic heterocycles. The lowest BCUT2D eigenvalue weighted by Crippen LogP contribution is -2.13. The van der Waals surface area contributed by atoms with Crippen LogP contribution >= 0.6 is 23.2 Å². The Bertz CT molecular complexity index is 1580. The van der Waals surface area contributed by atoms with Gasteiger partial charge in [-0.2, -0.15) is 0 Å². The average Bonchev–Trinajstić information content (AvgIpc) is 3.00. The highest BCUT2D eigenvalue weighted by Crippen LogP contribution is 2.34. The molecule has 214 valence electrons. The van der Waals surface area contributed by atoms with E-state index in [0.717, 1.165) is 0 Å². The van der Waals surface area contributed by atoms with Gasteiger partial charge in [-0.3, -0.25) is 0 Å². The van der Waals surface area contributed by atoms with Crippen molar-refractivity contribution < 1.29 is 42.3 Å². The van der Waals surface area contributed by atoms with E-state index in [9.17, 15) is 23.4 Å². The largest absolute Gasteiger partial charge is 0.465 e. The second kappa shape index (κ2) is 13.4. The first-order valence-electron chi connectivity index (χ1n) is 11.9. The van der Waals surface area contributed by atoms with E-state index in [1.165, 1.54) is 99.1 Å². The van der Waals surface area contributed by atoms with Gasteiger partial charge in [0.1, 0.15) is 11.5 Å². The van der Waals surface area contributed by atoms with Gasteiger partial charge in [0.25, 0.3) is 0 Å². The van der Waals surface area contributed by atoms with Crippen LogP contribution in [-0.2, 0) is 20.3 Å². The van der Waals surface area contributed by atoms with Gasteiger partial charge in [0, 0.05) is 10.0 Å². The maximum absolute atomic E-state index is 14.1. The molecule has 0 heterocycles. The Hall–Kier alpha value is -4.51. The summed E-state index contributed by atoms with van der Waals surface area (Å²) in [6.45, 7) is 0. The monoisotopic (exact) mass is 626 g/mol. The van der Waals surface area contributed by atoms with Crippen LogP contribution in [0.3, 0.4) is 0 Å². The molecule has 0 atom stereocenters. The Kier molecular flexibility index (Phi) is 9.74. The SMILES string of the molecule is COC(=O)c1ccc(OC(=O)c2ccc(Cl)cc2)c(S(=O)c2cc(C(=O)OC)ccc2OC(=O)c2ccc(Cl)cc2)c1. The Balaban J connectivity index is 1.80. The quantitative estimate of drug-likeness (QED) is 0.167. The van der Waals surface area contributed by atoms with E-state index >= 15 is 0 Å². The molecular formula is C30H20Cl2O9S. The number of esters is 4. The first-order valence-corrected chi connectivity index (χ1v) is 13.8. The molecule has 12 heteroatoms. The van der Waals surface area contributed by atoms with Gasteiger partial charge in [-0.05, 0) is 84.9 Å². The zero-order valence-corrected chi connectivity index (χ0v) is 24.2. The molecule has 9 nitrogen and oxygen atoms in total. The molecule has 0 radical (unpaired) electrons. The second-order valence-electron chi connectivity index (χ2n) is 8.37. The molecule has 0 bridgehead atoms. The summed E-state index contributed by atoms with van der Waals surface area (Å²) in [7, 11) is 0.0438. The predicted octanol–water partition coefficient (Wildman–Crippen LogP) is 6.17. The highest BCUT2D eigenvalue weighted by atomic mass is 35.5. The standard InChI is InChI=1S/C30H20Cl2O9S/c1-38-27(33)19-7-13-23(40-29(35)17-3-9-21(31)10-4-17)25(15-19)42(37)26-16-20(28(34)39-2)8-14-24(26)41-30(36)18-5-11-22(32)12-6-18/h3-16H,1-2H3. The van der Waals surface area contributed by atoms with Gasteiger partial charge >= 0.3 is 23.9 Å². The van der Waals surface area contributed by atoms with Crippen molar-refractivity contribution in [3.63, 3.8) is 0 Å². The van der Waals surface area contributed by atoms with Crippen LogP contribution in [0.2, 0.25) is 10.0 Å². The van der Waals surface area contributed by atoms with Crippen molar-refractivity contribution in [2.75, 3.05) is 14.2 Å². The van der Waals surface area contributed by atoms with Crippen molar-refractivity contribution in [3.8, 4) is 11.5 Å². The zero-order chi connectivity index (χ0) is 30.4. The van der Waals surface area contributed by atoms with Crippen LogP contribution in [0.1, 0.15) is 41.4 Å². The minimum Gasteiger partial charge on any atom is -0.465 e. The van der Waals surface area contributed by atoms with Crippen molar-refractivity contribution >= 4 is 57.9 Å². The number of rotatable bonds is 8. The van der Waals surface area contributed by atoms with E-state index < -0.39 is 34.7 Å². The first kappa shape index (κ1) is 30.4. The van der Waals surface area contributed by atoms with Crippen LogP contribution < -0.4 is 9.47 Å². The van der Waals surface area contributed by atoms with E-state index in [0.29, 0.717) is 10.0 Å². The molecule has 0 amide bonds. The Morgan fingerprint density at radius 2 is 0.857 bits per heavy atom. The maximum atomic E-state index is 14.1. The Labute approximate surface area is 252 Å². The Morgan fingerprint density at radius 1 is 0.524 bits per heavy atom. The van der Waals surface area contributed by atoms with E-state index in [4.69, 9.17) is 42.1 Å². The summed E-state index contributed by atoms with van der Waals surface area (Å²) in [6.07, 6.45) is 0. The highest BCUT2D eigenvalue weighted by molar-refractivity contribution is 7.85. The fourth-order valence-electron chi connectivity index (χ4n) is 3.57. The second-order valence-corrected chi connectivity index (χ2v) is 10.7. The average molecular weight is 627 g/mol. The summed E-state index contributed by atoms with van der Waals surface area (Å²) < 4.78 is 34.8. The van der Waals surface area contributed by atoms with Gasteiger partial charge in [0.15, 0.2) is 0 Å². The van der Waals surface area contributed by atoms with Crippen LogP contribution in [0.15, 0.2) is 94.7 Å². The number of methoxy groups -OCH3 is 2. The summed E-state index contributed by atoms with van der Waals surface area (Å²) in [5.41, 5.74) is 0.295. The van der Waals surface area contributed by atoms with E-state index in [1.807, 2.05) is 0 Å². The molecule has 0 aliphatic carbocycles. The number of carbonyl (C=O) groups excluding carboxylic acids is 4. The first-order chi connectivity index (χ1) is 20.1. The summed E-state index contributed by atoms with van der Waals surface area (Å²) in [5, 5.41) is 0.809. The van der Waals surface area contributed by atoms with Crippen LogP contribution in [0.4, 0.5) is 0 Å². The van der Waals surface area contributed by atoms with Gasteiger partial charge in [-0.1, -0.05) is 23.2 Å². The van der Waals surface area contributed by atoms with E-state index in [1.54, 1.807) is 0 Å². The fourth-order valence-corrected chi connectivity index (χ4v) is 5.11. The summed E-state index contributed by atoms with van der Waals surface area (Å²) in [6, 6.07) is 19.4. The van der Waals surface area contributed by atoms with Crippen molar-refractivity contribution in [1.29, 1.82) is 0 Å². The molecule has 0 N–H and O–H groups in total. The third-order valence-electron chi connectivity index (χ3n) is 5.69. The molecule has 4 aromatic rings. The van der Waals surface area contributed by atoms with Crippen LogP contribution in [-0.4, -0.2) is 42.3 Å². The van der Waals surface area contributed by atoms with Crippen molar-refractivity contribution in [1.82, 2.24) is 0 Å². The number of carbonyl (C=O) groups is 4. The minimum atomic E-state index is -2.29. The third-order valence-corrected chi connectivity index (χ3v) is 7.64. The van der Waals surface area contributed by atoms with Gasteiger partial charge in [0.05, 0.1) is 57.1 Å². The van der Waals surface area contributed by atoms with Gasteiger partial charge < -0.3 is 18.9 Å². The number of benzene rings is 4. The molecule has 0 saturated carbocycles. The molecule has 0 spiro atoms. The smallest absolute Gasteiger partial charge is 0.343 e. The number of hydrogen-bond donors (Lipinski definition) is 0. The molecule has 4 aromatic carbocycles. The molecule has 42 heavy (non-hydrogen) atoms. The molecule has 0 unspecified atom stereocenters. The van der Waals surface area contributed by atoms with Crippen molar-refractivity contribution in [2.24, 2.45) is 0 Å². The normalized spacial score (nSPS) is 10.6. The minimum absolute atomic E-state index is 0.00373. The number of ether oxygens (including phenoxy) is 4. The number of hydrogen-bond acceptors (Lipinski definition) is 9. The van der Waals surface area contributed by atoms with Gasteiger partial charge in [-0.15, -0.1) is 0 Å². The molecular weight excluding hydrogens is 607 g/mol. The van der Waals surface area contributed by atoms with E-state index in [-0.39, 0.29) is 43.5 Å². The molecule has 0 saturated heterocycles. The van der Waals surface area contributed by atoms with E-state index in [2.05, 4.69) is 0 Å². The topological polar surface area (TPSA) is 122 Å².